The minimum atomic E-state index is -0.195. The lowest BCUT2D eigenvalue weighted by Gasteiger charge is -2.21. The molecule has 0 aliphatic rings. The van der Waals surface area contributed by atoms with Crippen molar-refractivity contribution in [3.63, 3.8) is 0 Å². The maximum Gasteiger partial charge on any atom is 0.123 e. The molecule has 1 atom stereocenters. The summed E-state index contributed by atoms with van der Waals surface area (Å²) in [5.41, 5.74) is 4.40. The summed E-state index contributed by atoms with van der Waals surface area (Å²) in [6.07, 6.45) is 0. The highest BCUT2D eigenvalue weighted by Gasteiger charge is 2.17. The fourth-order valence-corrected chi connectivity index (χ4v) is 2.83. The van der Waals surface area contributed by atoms with Crippen LogP contribution in [0.2, 0.25) is 0 Å². The van der Waals surface area contributed by atoms with Gasteiger partial charge in [-0.1, -0.05) is 40.2 Å². The van der Waals surface area contributed by atoms with Crippen LogP contribution in [0.3, 0.4) is 0 Å². The Bertz CT molecular complexity index is 595. The summed E-state index contributed by atoms with van der Waals surface area (Å²) < 4.78 is 14.3. The van der Waals surface area contributed by atoms with Gasteiger partial charge in [-0.25, -0.2) is 4.39 Å². The van der Waals surface area contributed by atoms with Crippen molar-refractivity contribution in [2.24, 2.45) is 0 Å². The Morgan fingerprint density at radius 2 is 1.79 bits per heavy atom. The second kappa shape index (κ2) is 5.85. The maximum absolute atomic E-state index is 13.2. The molecular weight excluding hydrogens is 305 g/mol. The van der Waals surface area contributed by atoms with Gasteiger partial charge >= 0.3 is 0 Å². The van der Waals surface area contributed by atoms with Gasteiger partial charge in [0.1, 0.15) is 5.82 Å². The van der Waals surface area contributed by atoms with Gasteiger partial charge in [-0.05, 0) is 55.3 Å². The van der Waals surface area contributed by atoms with Gasteiger partial charge in [0.05, 0.1) is 6.04 Å². The molecule has 2 aromatic rings. The second-order valence-corrected chi connectivity index (χ2v) is 5.49. The van der Waals surface area contributed by atoms with Crippen LogP contribution < -0.4 is 5.32 Å². The zero-order valence-electron chi connectivity index (χ0n) is 11.3. The van der Waals surface area contributed by atoms with Gasteiger partial charge in [0, 0.05) is 4.47 Å². The molecule has 3 heteroatoms. The van der Waals surface area contributed by atoms with E-state index < -0.39 is 0 Å². The van der Waals surface area contributed by atoms with Gasteiger partial charge in [0.15, 0.2) is 0 Å². The van der Waals surface area contributed by atoms with Crippen LogP contribution in [-0.4, -0.2) is 7.05 Å². The van der Waals surface area contributed by atoms with Crippen molar-refractivity contribution in [1.29, 1.82) is 0 Å². The van der Waals surface area contributed by atoms with E-state index in [1.807, 2.05) is 26.1 Å². The summed E-state index contributed by atoms with van der Waals surface area (Å²) in [6, 6.07) is 11.2. The molecule has 0 aliphatic heterocycles. The van der Waals surface area contributed by atoms with Gasteiger partial charge in [-0.15, -0.1) is 0 Å². The van der Waals surface area contributed by atoms with Gasteiger partial charge in [0.25, 0.3) is 0 Å². The van der Waals surface area contributed by atoms with E-state index in [9.17, 15) is 4.39 Å². The summed E-state index contributed by atoms with van der Waals surface area (Å²) in [6.45, 7) is 4.00. The molecular formula is C16H17BrFN. The highest BCUT2D eigenvalue weighted by molar-refractivity contribution is 9.10. The molecule has 0 spiro atoms. The largest absolute Gasteiger partial charge is 0.309 e. The third kappa shape index (κ3) is 2.88. The van der Waals surface area contributed by atoms with Crippen LogP contribution in [0.1, 0.15) is 28.3 Å². The molecule has 100 valence electrons. The fraction of sp³-hybridized carbons (Fsp3) is 0.250. The van der Waals surface area contributed by atoms with E-state index >= 15 is 0 Å². The summed E-state index contributed by atoms with van der Waals surface area (Å²) in [4.78, 5) is 0. The van der Waals surface area contributed by atoms with Crippen molar-refractivity contribution in [2.45, 2.75) is 19.9 Å². The van der Waals surface area contributed by atoms with E-state index in [-0.39, 0.29) is 11.9 Å². The molecule has 0 amide bonds. The number of aryl methyl sites for hydroxylation is 2. The van der Waals surface area contributed by atoms with E-state index in [0.717, 1.165) is 21.2 Å². The molecule has 0 saturated heterocycles. The van der Waals surface area contributed by atoms with Gasteiger partial charge in [-0.2, -0.15) is 0 Å². The zero-order valence-corrected chi connectivity index (χ0v) is 12.9. The Labute approximate surface area is 122 Å². The molecule has 2 aromatic carbocycles. The number of nitrogens with one attached hydrogen (secondary N) is 1. The van der Waals surface area contributed by atoms with E-state index in [4.69, 9.17) is 0 Å². The highest BCUT2D eigenvalue weighted by Crippen LogP contribution is 2.32. The summed E-state index contributed by atoms with van der Waals surface area (Å²) in [5, 5.41) is 3.31. The predicted octanol–water partition coefficient (Wildman–Crippen LogP) is 4.51. The Morgan fingerprint density at radius 1 is 1.05 bits per heavy atom. The first-order valence-electron chi connectivity index (χ1n) is 6.23. The van der Waals surface area contributed by atoms with Gasteiger partial charge in [0.2, 0.25) is 0 Å². The quantitative estimate of drug-likeness (QED) is 0.876. The topological polar surface area (TPSA) is 12.0 Å². The molecule has 1 nitrogen and oxygen atoms in total. The van der Waals surface area contributed by atoms with Crippen molar-refractivity contribution < 1.29 is 4.39 Å². The minimum absolute atomic E-state index is 0.0508. The van der Waals surface area contributed by atoms with Crippen LogP contribution >= 0.6 is 15.9 Å². The normalized spacial score (nSPS) is 12.5. The Morgan fingerprint density at radius 3 is 2.42 bits per heavy atom. The van der Waals surface area contributed by atoms with Crippen LogP contribution in [-0.2, 0) is 0 Å². The average molecular weight is 322 g/mol. The Hall–Kier alpha value is -1.19. The predicted molar refractivity (Wildman–Crippen MR) is 80.9 cm³/mol. The molecule has 0 fully saturated rings. The van der Waals surface area contributed by atoms with Crippen molar-refractivity contribution in [2.75, 3.05) is 7.05 Å². The molecule has 0 aromatic heterocycles. The van der Waals surface area contributed by atoms with E-state index in [1.54, 1.807) is 6.07 Å². The first kappa shape index (κ1) is 14.2. The third-order valence-corrected chi connectivity index (χ3v) is 4.45. The standard InChI is InChI=1S/C16H17BrFN/c1-10-5-4-6-14(15(10)17)16(19-3)13-8-7-12(18)9-11(13)2/h4-9,16,19H,1-3H3. The van der Waals surface area contributed by atoms with E-state index in [0.29, 0.717) is 0 Å². The molecule has 0 heterocycles. The monoisotopic (exact) mass is 321 g/mol. The van der Waals surface area contributed by atoms with E-state index in [2.05, 4.69) is 40.3 Å². The second-order valence-electron chi connectivity index (χ2n) is 4.70. The summed E-state index contributed by atoms with van der Waals surface area (Å²) in [7, 11) is 1.92. The molecule has 2 rings (SSSR count). The Kier molecular flexibility index (Phi) is 4.38. The van der Waals surface area contributed by atoms with Gasteiger partial charge in [-0.3, -0.25) is 0 Å². The van der Waals surface area contributed by atoms with Crippen LogP contribution in [0.4, 0.5) is 4.39 Å². The number of hydrogen-bond donors (Lipinski definition) is 1. The molecule has 0 bridgehead atoms. The molecule has 1 N–H and O–H groups in total. The van der Waals surface area contributed by atoms with E-state index in [1.165, 1.54) is 11.6 Å². The van der Waals surface area contributed by atoms with Crippen LogP contribution in [0, 0.1) is 19.7 Å². The van der Waals surface area contributed by atoms with Crippen molar-refractivity contribution in [3.05, 3.63) is 68.9 Å². The number of rotatable bonds is 3. The summed E-state index contributed by atoms with van der Waals surface area (Å²) in [5.74, 6) is -0.195. The zero-order chi connectivity index (χ0) is 14.0. The Balaban J connectivity index is 2.53. The average Bonchev–Trinajstić information content (AvgIpc) is 2.37. The number of benzene rings is 2. The van der Waals surface area contributed by atoms with Gasteiger partial charge < -0.3 is 5.32 Å². The highest BCUT2D eigenvalue weighted by atomic mass is 79.9. The van der Waals surface area contributed by atoms with Crippen molar-refractivity contribution in [1.82, 2.24) is 5.32 Å². The van der Waals surface area contributed by atoms with Crippen molar-refractivity contribution >= 4 is 15.9 Å². The van der Waals surface area contributed by atoms with Crippen LogP contribution in [0.25, 0.3) is 0 Å². The first-order chi connectivity index (χ1) is 9.04. The number of hydrogen-bond acceptors (Lipinski definition) is 1. The first-order valence-corrected chi connectivity index (χ1v) is 7.02. The van der Waals surface area contributed by atoms with Crippen molar-refractivity contribution in [3.8, 4) is 0 Å². The lowest BCUT2D eigenvalue weighted by atomic mass is 9.94. The smallest absolute Gasteiger partial charge is 0.123 e. The number of halogens is 2. The molecule has 0 saturated carbocycles. The molecule has 19 heavy (non-hydrogen) atoms. The fourth-order valence-electron chi connectivity index (χ4n) is 2.33. The maximum atomic E-state index is 13.2. The molecule has 0 aliphatic carbocycles. The van der Waals surface area contributed by atoms with Crippen LogP contribution in [0.15, 0.2) is 40.9 Å². The minimum Gasteiger partial charge on any atom is -0.309 e. The third-order valence-electron chi connectivity index (χ3n) is 3.36. The molecule has 1 unspecified atom stereocenters. The lowest BCUT2D eigenvalue weighted by Crippen LogP contribution is -2.19. The summed E-state index contributed by atoms with van der Waals surface area (Å²) >= 11 is 3.64. The van der Waals surface area contributed by atoms with Crippen LogP contribution in [0.5, 0.6) is 0 Å². The SMILES string of the molecule is CNC(c1ccc(F)cc1C)c1cccc(C)c1Br. The molecule has 0 radical (unpaired) electrons. The lowest BCUT2D eigenvalue weighted by molar-refractivity contribution is 0.621.